The van der Waals surface area contributed by atoms with Crippen molar-refractivity contribution in [3.8, 4) is 11.5 Å². The second-order valence-corrected chi connectivity index (χ2v) is 4.88. The van der Waals surface area contributed by atoms with E-state index in [9.17, 15) is 0 Å². The predicted molar refractivity (Wildman–Crippen MR) is 71.5 cm³/mol. The van der Waals surface area contributed by atoms with Crippen LogP contribution in [-0.2, 0) is 0 Å². The van der Waals surface area contributed by atoms with Crippen LogP contribution in [0.25, 0.3) is 11.5 Å². The van der Waals surface area contributed by atoms with Gasteiger partial charge in [0.05, 0.1) is 0 Å². The third-order valence-electron chi connectivity index (χ3n) is 2.33. The Balaban J connectivity index is 2.56. The summed E-state index contributed by atoms with van der Waals surface area (Å²) in [6.45, 7) is 4.14. The molecule has 0 atom stereocenters. The van der Waals surface area contributed by atoms with E-state index in [0.717, 1.165) is 10.2 Å². The summed E-state index contributed by atoms with van der Waals surface area (Å²) in [5, 5.41) is 0. The highest BCUT2D eigenvalue weighted by atomic mass is 79.9. The van der Waals surface area contributed by atoms with E-state index in [4.69, 9.17) is 5.73 Å². The van der Waals surface area contributed by atoms with E-state index in [2.05, 4.69) is 44.7 Å². The molecule has 2 heterocycles. The van der Waals surface area contributed by atoms with Gasteiger partial charge in [0.1, 0.15) is 11.5 Å². The number of rotatable bonds is 2. The van der Waals surface area contributed by atoms with Gasteiger partial charge in [0, 0.05) is 22.4 Å². The van der Waals surface area contributed by atoms with E-state index in [1.54, 1.807) is 12.3 Å². The Morgan fingerprint density at radius 2 is 2.06 bits per heavy atom. The van der Waals surface area contributed by atoms with Crippen LogP contribution >= 0.6 is 15.9 Å². The van der Waals surface area contributed by atoms with E-state index in [1.807, 2.05) is 12.1 Å². The maximum absolute atomic E-state index is 5.79. The fourth-order valence-corrected chi connectivity index (χ4v) is 1.87. The highest BCUT2D eigenvalue weighted by Crippen LogP contribution is 2.25. The van der Waals surface area contributed by atoms with Crippen LogP contribution in [-0.4, -0.2) is 15.0 Å². The van der Waals surface area contributed by atoms with Gasteiger partial charge in [-0.2, -0.15) is 0 Å². The summed E-state index contributed by atoms with van der Waals surface area (Å²) in [5.74, 6) is 1.33. The number of hydrogen-bond acceptors (Lipinski definition) is 4. The Bertz CT molecular complexity index is 540. The van der Waals surface area contributed by atoms with Crippen molar-refractivity contribution in [2.45, 2.75) is 19.8 Å². The van der Waals surface area contributed by atoms with Crippen LogP contribution in [0.1, 0.15) is 25.5 Å². The second-order valence-electron chi connectivity index (χ2n) is 4.03. The summed E-state index contributed by atoms with van der Waals surface area (Å²) in [4.78, 5) is 13.0. The molecule has 2 aromatic heterocycles. The average Bonchev–Trinajstić information content (AvgIpc) is 2.28. The molecule has 0 saturated heterocycles. The van der Waals surface area contributed by atoms with Crippen molar-refractivity contribution in [2.24, 2.45) is 0 Å². The Labute approximate surface area is 108 Å². The molecule has 0 radical (unpaired) electrons. The largest absolute Gasteiger partial charge is 0.384 e. The van der Waals surface area contributed by atoms with E-state index < -0.39 is 0 Å². The summed E-state index contributed by atoms with van der Waals surface area (Å²) in [6.07, 6.45) is 1.71. The molecule has 0 aromatic carbocycles. The van der Waals surface area contributed by atoms with E-state index in [1.165, 1.54) is 0 Å². The standard InChI is InChI=1S/C12H13BrN4/c1-7(2)9-6-10(14)17-12(16-9)11-8(13)4-3-5-15-11/h3-7H,1-2H3,(H2,14,16,17). The van der Waals surface area contributed by atoms with Crippen molar-refractivity contribution in [1.29, 1.82) is 0 Å². The fourth-order valence-electron chi connectivity index (χ4n) is 1.44. The minimum Gasteiger partial charge on any atom is -0.384 e. The van der Waals surface area contributed by atoms with E-state index in [-0.39, 0.29) is 0 Å². The van der Waals surface area contributed by atoms with Crippen molar-refractivity contribution in [3.05, 3.63) is 34.6 Å². The van der Waals surface area contributed by atoms with Crippen LogP contribution in [0.4, 0.5) is 5.82 Å². The number of halogens is 1. The lowest BCUT2D eigenvalue weighted by molar-refractivity contribution is 0.817. The van der Waals surface area contributed by atoms with Gasteiger partial charge in [0.15, 0.2) is 5.82 Å². The summed E-state index contributed by atoms with van der Waals surface area (Å²) >= 11 is 3.44. The molecule has 0 fully saturated rings. The Morgan fingerprint density at radius 3 is 2.71 bits per heavy atom. The molecule has 0 unspecified atom stereocenters. The van der Waals surface area contributed by atoms with Crippen molar-refractivity contribution < 1.29 is 0 Å². The molecule has 88 valence electrons. The van der Waals surface area contributed by atoms with Gasteiger partial charge in [0.2, 0.25) is 0 Å². The van der Waals surface area contributed by atoms with Crippen LogP contribution < -0.4 is 5.73 Å². The Hall–Kier alpha value is -1.49. The minimum absolute atomic E-state index is 0.307. The lowest BCUT2D eigenvalue weighted by Gasteiger charge is -2.08. The SMILES string of the molecule is CC(C)c1cc(N)nc(-c2ncccc2Br)n1. The molecular weight excluding hydrogens is 280 g/mol. The number of nitrogens with zero attached hydrogens (tertiary/aromatic N) is 3. The van der Waals surface area contributed by atoms with Gasteiger partial charge in [-0.05, 0) is 34.0 Å². The number of anilines is 1. The summed E-state index contributed by atoms with van der Waals surface area (Å²) < 4.78 is 0.861. The van der Waals surface area contributed by atoms with Crippen LogP contribution in [0, 0.1) is 0 Å². The predicted octanol–water partition coefficient (Wildman–Crippen LogP) is 3.01. The van der Waals surface area contributed by atoms with Gasteiger partial charge in [-0.25, -0.2) is 9.97 Å². The fraction of sp³-hybridized carbons (Fsp3) is 0.250. The topological polar surface area (TPSA) is 64.7 Å². The molecule has 5 heteroatoms. The lowest BCUT2D eigenvalue weighted by Crippen LogP contribution is -2.02. The molecule has 0 amide bonds. The maximum atomic E-state index is 5.79. The summed E-state index contributed by atoms with van der Waals surface area (Å²) in [7, 11) is 0. The van der Waals surface area contributed by atoms with Crippen molar-refractivity contribution in [1.82, 2.24) is 15.0 Å². The van der Waals surface area contributed by atoms with Gasteiger partial charge >= 0.3 is 0 Å². The minimum atomic E-state index is 0.307. The molecule has 2 rings (SSSR count). The number of aromatic nitrogens is 3. The molecule has 0 spiro atoms. The first-order valence-electron chi connectivity index (χ1n) is 5.33. The molecule has 0 aliphatic rings. The normalized spacial score (nSPS) is 10.8. The quantitative estimate of drug-likeness (QED) is 0.924. The van der Waals surface area contributed by atoms with Crippen LogP contribution in [0.3, 0.4) is 0 Å². The highest BCUT2D eigenvalue weighted by molar-refractivity contribution is 9.10. The Kier molecular flexibility index (Phi) is 3.38. The number of pyridine rings is 1. The Morgan fingerprint density at radius 1 is 1.29 bits per heavy atom. The third-order valence-corrected chi connectivity index (χ3v) is 2.97. The maximum Gasteiger partial charge on any atom is 0.181 e. The van der Waals surface area contributed by atoms with E-state index >= 15 is 0 Å². The molecule has 17 heavy (non-hydrogen) atoms. The molecule has 2 N–H and O–H groups in total. The number of nitrogens with two attached hydrogens (primary N) is 1. The molecule has 0 aliphatic heterocycles. The smallest absolute Gasteiger partial charge is 0.181 e. The summed E-state index contributed by atoms with van der Waals surface area (Å²) in [5.41, 5.74) is 7.42. The molecule has 0 saturated carbocycles. The van der Waals surface area contributed by atoms with Crippen molar-refractivity contribution in [2.75, 3.05) is 5.73 Å². The number of nitrogen functional groups attached to an aromatic ring is 1. The molecule has 0 aliphatic carbocycles. The monoisotopic (exact) mass is 292 g/mol. The molecule has 0 bridgehead atoms. The first kappa shape index (κ1) is 12.0. The molecule has 2 aromatic rings. The zero-order chi connectivity index (χ0) is 12.4. The van der Waals surface area contributed by atoms with Crippen LogP contribution in [0.5, 0.6) is 0 Å². The zero-order valence-corrected chi connectivity index (χ0v) is 11.3. The van der Waals surface area contributed by atoms with Crippen molar-refractivity contribution in [3.63, 3.8) is 0 Å². The van der Waals surface area contributed by atoms with Crippen LogP contribution in [0.15, 0.2) is 28.9 Å². The lowest BCUT2D eigenvalue weighted by atomic mass is 10.1. The first-order chi connectivity index (χ1) is 8.08. The third kappa shape index (κ3) is 2.61. The van der Waals surface area contributed by atoms with Gasteiger partial charge in [-0.3, -0.25) is 4.98 Å². The van der Waals surface area contributed by atoms with Crippen molar-refractivity contribution >= 4 is 21.7 Å². The van der Waals surface area contributed by atoms with Crippen LogP contribution in [0.2, 0.25) is 0 Å². The highest BCUT2D eigenvalue weighted by Gasteiger charge is 2.11. The van der Waals surface area contributed by atoms with Gasteiger partial charge in [-0.1, -0.05) is 13.8 Å². The average molecular weight is 293 g/mol. The molecular formula is C12H13BrN4. The van der Waals surface area contributed by atoms with E-state index in [0.29, 0.717) is 23.3 Å². The number of hydrogen-bond donors (Lipinski definition) is 1. The first-order valence-corrected chi connectivity index (χ1v) is 6.12. The molecule has 4 nitrogen and oxygen atoms in total. The zero-order valence-electron chi connectivity index (χ0n) is 9.68. The van der Waals surface area contributed by atoms with Gasteiger partial charge < -0.3 is 5.73 Å². The second kappa shape index (κ2) is 4.79. The summed E-state index contributed by atoms with van der Waals surface area (Å²) in [6, 6.07) is 5.55. The van der Waals surface area contributed by atoms with Gasteiger partial charge in [0.25, 0.3) is 0 Å². The van der Waals surface area contributed by atoms with Gasteiger partial charge in [-0.15, -0.1) is 0 Å².